The standard InChI is InChI=1S/C10H11NO3S/c1-2-6-10(12)11-15(13,14)9-7-4-3-5-8-9/h2-8H,1H3,(H,11,12)/b6-2+. The van der Waals surface area contributed by atoms with Gasteiger partial charge in [0.15, 0.2) is 0 Å². The molecule has 0 fully saturated rings. The molecule has 0 bridgehead atoms. The van der Waals surface area contributed by atoms with Gasteiger partial charge in [0.2, 0.25) is 0 Å². The molecule has 1 aromatic rings. The molecule has 0 unspecified atom stereocenters. The minimum atomic E-state index is -3.73. The van der Waals surface area contributed by atoms with Gasteiger partial charge in [0.05, 0.1) is 4.90 Å². The lowest BCUT2D eigenvalue weighted by atomic mass is 10.4. The van der Waals surface area contributed by atoms with Crippen molar-refractivity contribution >= 4 is 15.9 Å². The van der Waals surface area contributed by atoms with Crippen molar-refractivity contribution in [3.05, 3.63) is 42.5 Å². The zero-order valence-corrected chi connectivity index (χ0v) is 8.99. The Hall–Kier alpha value is -1.62. The van der Waals surface area contributed by atoms with Gasteiger partial charge in [-0.1, -0.05) is 24.3 Å². The van der Waals surface area contributed by atoms with Crippen LogP contribution in [0.2, 0.25) is 0 Å². The van der Waals surface area contributed by atoms with E-state index in [2.05, 4.69) is 0 Å². The van der Waals surface area contributed by atoms with Crippen LogP contribution in [0.1, 0.15) is 6.92 Å². The first-order valence-electron chi connectivity index (χ1n) is 4.31. The first-order valence-corrected chi connectivity index (χ1v) is 5.79. The summed E-state index contributed by atoms with van der Waals surface area (Å²) in [6.07, 6.45) is 2.62. The highest BCUT2D eigenvalue weighted by atomic mass is 32.2. The zero-order valence-electron chi connectivity index (χ0n) is 8.17. The van der Waals surface area contributed by atoms with Crippen molar-refractivity contribution < 1.29 is 13.2 Å². The Morgan fingerprint density at radius 1 is 1.27 bits per heavy atom. The molecule has 1 rings (SSSR count). The van der Waals surface area contributed by atoms with Crippen LogP contribution in [0.5, 0.6) is 0 Å². The highest BCUT2D eigenvalue weighted by Crippen LogP contribution is 2.06. The van der Waals surface area contributed by atoms with E-state index < -0.39 is 15.9 Å². The van der Waals surface area contributed by atoms with Crippen LogP contribution in [0.15, 0.2) is 47.4 Å². The zero-order chi connectivity index (χ0) is 11.3. The molecule has 0 aromatic heterocycles. The van der Waals surface area contributed by atoms with E-state index in [9.17, 15) is 13.2 Å². The summed E-state index contributed by atoms with van der Waals surface area (Å²) in [7, 11) is -3.73. The Morgan fingerprint density at radius 2 is 1.87 bits per heavy atom. The van der Waals surface area contributed by atoms with Crippen molar-refractivity contribution in [3.63, 3.8) is 0 Å². The molecule has 0 atom stereocenters. The van der Waals surface area contributed by atoms with Gasteiger partial charge in [-0.05, 0) is 25.1 Å². The summed E-state index contributed by atoms with van der Waals surface area (Å²) >= 11 is 0. The molecular formula is C10H11NO3S. The van der Waals surface area contributed by atoms with E-state index in [-0.39, 0.29) is 4.90 Å². The first kappa shape index (κ1) is 11.5. The van der Waals surface area contributed by atoms with Crippen molar-refractivity contribution in [3.8, 4) is 0 Å². The molecule has 0 radical (unpaired) electrons. The summed E-state index contributed by atoms with van der Waals surface area (Å²) in [6, 6.07) is 7.73. The summed E-state index contributed by atoms with van der Waals surface area (Å²) in [5.41, 5.74) is 0. The van der Waals surface area contributed by atoms with Crippen LogP contribution in [0, 0.1) is 0 Å². The Bertz CT molecular complexity index is 463. The van der Waals surface area contributed by atoms with Crippen molar-refractivity contribution in [1.29, 1.82) is 0 Å². The average Bonchev–Trinajstić information content (AvgIpc) is 2.18. The summed E-state index contributed by atoms with van der Waals surface area (Å²) in [5.74, 6) is -0.652. The fourth-order valence-electron chi connectivity index (χ4n) is 0.976. The smallest absolute Gasteiger partial charge is 0.264 e. The molecule has 0 aliphatic rings. The maximum Gasteiger partial charge on any atom is 0.264 e. The molecule has 0 spiro atoms. The van der Waals surface area contributed by atoms with Crippen LogP contribution < -0.4 is 4.72 Å². The quantitative estimate of drug-likeness (QED) is 0.782. The third-order valence-corrected chi connectivity index (χ3v) is 2.97. The molecule has 0 aliphatic heterocycles. The van der Waals surface area contributed by atoms with Gasteiger partial charge in [0, 0.05) is 0 Å². The largest absolute Gasteiger partial charge is 0.269 e. The second kappa shape index (κ2) is 4.75. The van der Waals surface area contributed by atoms with E-state index in [0.29, 0.717) is 0 Å². The lowest BCUT2D eigenvalue weighted by molar-refractivity contribution is -0.114. The second-order valence-corrected chi connectivity index (χ2v) is 4.47. The molecule has 80 valence electrons. The lowest BCUT2D eigenvalue weighted by Crippen LogP contribution is -2.28. The molecule has 5 heteroatoms. The highest BCUT2D eigenvalue weighted by molar-refractivity contribution is 7.90. The number of benzene rings is 1. The van der Waals surface area contributed by atoms with Gasteiger partial charge in [-0.25, -0.2) is 13.1 Å². The minimum absolute atomic E-state index is 0.0721. The Kier molecular flexibility index (Phi) is 3.62. The third kappa shape index (κ3) is 3.21. The predicted molar refractivity (Wildman–Crippen MR) is 56.6 cm³/mol. The fourth-order valence-corrected chi connectivity index (χ4v) is 1.94. The SMILES string of the molecule is C/C=C/C(=O)NS(=O)(=O)c1ccccc1. The number of carbonyl (C=O) groups excluding carboxylic acids is 1. The van der Waals surface area contributed by atoms with Crippen molar-refractivity contribution in [2.45, 2.75) is 11.8 Å². The number of amides is 1. The van der Waals surface area contributed by atoms with Gasteiger partial charge >= 0.3 is 0 Å². The summed E-state index contributed by atoms with van der Waals surface area (Å²) in [4.78, 5) is 11.1. The van der Waals surface area contributed by atoms with Crippen LogP contribution >= 0.6 is 0 Å². The number of hydrogen-bond acceptors (Lipinski definition) is 3. The molecule has 1 amide bonds. The highest BCUT2D eigenvalue weighted by Gasteiger charge is 2.14. The van der Waals surface area contributed by atoms with Crippen LogP contribution in [0.25, 0.3) is 0 Å². The molecule has 0 heterocycles. The Morgan fingerprint density at radius 3 is 2.40 bits per heavy atom. The molecule has 0 saturated carbocycles. The molecule has 1 aromatic carbocycles. The average molecular weight is 225 g/mol. The van der Waals surface area contributed by atoms with Gasteiger partial charge in [-0.2, -0.15) is 0 Å². The molecular weight excluding hydrogens is 214 g/mol. The number of hydrogen-bond donors (Lipinski definition) is 1. The number of allylic oxidation sites excluding steroid dienone is 1. The van der Waals surface area contributed by atoms with Gasteiger partial charge in [-0.15, -0.1) is 0 Å². The fraction of sp³-hybridized carbons (Fsp3) is 0.100. The number of nitrogens with one attached hydrogen (secondary N) is 1. The van der Waals surface area contributed by atoms with E-state index in [1.54, 1.807) is 25.1 Å². The number of sulfonamides is 1. The maximum absolute atomic E-state index is 11.6. The normalized spacial score (nSPS) is 11.5. The third-order valence-electron chi connectivity index (χ3n) is 1.61. The van der Waals surface area contributed by atoms with Crippen molar-refractivity contribution in [1.82, 2.24) is 4.72 Å². The van der Waals surface area contributed by atoms with Gasteiger partial charge in [0.1, 0.15) is 0 Å². The van der Waals surface area contributed by atoms with E-state index in [0.717, 1.165) is 6.08 Å². The van der Waals surface area contributed by atoms with E-state index in [1.807, 2.05) is 4.72 Å². The Balaban J connectivity index is 2.91. The van der Waals surface area contributed by atoms with E-state index in [4.69, 9.17) is 0 Å². The topological polar surface area (TPSA) is 63.2 Å². The lowest BCUT2D eigenvalue weighted by Gasteiger charge is -2.03. The molecule has 0 aliphatic carbocycles. The van der Waals surface area contributed by atoms with E-state index in [1.165, 1.54) is 18.2 Å². The molecule has 1 N–H and O–H groups in total. The van der Waals surface area contributed by atoms with Gasteiger partial charge in [0.25, 0.3) is 15.9 Å². The van der Waals surface area contributed by atoms with Crippen molar-refractivity contribution in [2.24, 2.45) is 0 Å². The second-order valence-electron chi connectivity index (χ2n) is 2.78. The van der Waals surface area contributed by atoms with Crippen LogP contribution in [0.3, 0.4) is 0 Å². The van der Waals surface area contributed by atoms with Crippen LogP contribution in [0.4, 0.5) is 0 Å². The molecule has 15 heavy (non-hydrogen) atoms. The van der Waals surface area contributed by atoms with E-state index >= 15 is 0 Å². The van der Waals surface area contributed by atoms with Gasteiger partial charge in [-0.3, -0.25) is 4.79 Å². The van der Waals surface area contributed by atoms with Crippen LogP contribution in [-0.2, 0) is 14.8 Å². The van der Waals surface area contributed by atoms with Crippen molar-refractivity contribution in [2.75, 3.05) is 0 Å². The van der Waals surface area contributed by atoms with Gasteiger partial charge < -0.3 is 0 Å². The predicted octanol–water partition coefficient (Wildman–Crippen LogP) is 1.07. The number of carbonyl (C=O) groups is 1. The maximum atomic E-state index is 11.6. The first-order chi connectivity index (χ1) is 7.06. The number of rotatable bonds is 3. The molecule has 4 nitrogen and oxygen atoms in total. The summed E-state index contributed by atoms with van der Waals surface area (Å²) in [5, 5.41) is 0. The minimum Gasteiger partial charge on any atom is -0.269 e. The summed E-state index contributed by atoms with van der Waals surface area (Å²) in [6.45, 7) is 1.63. The van der Waals surface area contributed by atoms with Crippen LogP contribution in [-0.4, -0.2) is 14.3 Å². The molecule has 0 saturated heterocycles. The summed E-state index contributed by atoms with van der Waals surface area (Å²) < 4.78 is 25.0. The monoisotopic (exact) mass is 225 g/mol. The Labute approximate surface area is 88.7 Å².